The fourth-order valence-electron chi connectivity index (χ4n) is 1.58. The monoisotopic (exact) mass is 202 g/mol. The van der Waals surface area contributed by atoms with E-state index >= 15 is 0 Å². The third-order valence-electron chi connectivity index (χ3n) is 2.17. The number of hydrogen-bond acceptors (Lipinski definition) is 3. The zero-order chi connectivity index (χ0) is 11.0. The second kappa shape index (κ2) is 8.21. The van der Waals surface area contributed by atoms with Gasteiger partial charge >= 0.3 is 0 Å². The molecule has 0 aliphatic carbocycles. The highest BCUT2D eigenvalue weighted by Crippen LogP contribution is 2.01. The molecule has 0 aromatic carbocycles. The predicted octanol–water partition coefficient (Wildman–Crippen LogP) is 1.33. The molecule has 0 aromatic heterocycles. The average molecular weight is 202 g/mol. The Labute approximate surface area is 88.6 Å². The van der Waals surface area contributed by atoms with Gasteiger partial charge in [-0.2, -0.15) is 0 Å². The van der Waals surface area contributed by atoms with Gasteiger partial charge in [-0.05, 0) is 26.3 Å². The quantitative estimate of drug-likeness (QED) is 0.645. The Bertz CT molecular complexity index is 128. The fraction of sp³-hybridized carbons (Fsp3) is 1.00. The largest absolute Gasteiger partial charge is 0.377 e. The van der Waals surface area contributed by atoms with Crippen LogP contribution < -0.4 is 5.73 Å². The van der Waals surface area contributed by atoms with Crippen LogP contribution in [-0.2, 0) is 4.74 Å². The fourth-order valence-corrected chi connectivity index (χ4v) is 1.58. The van der Waals surface area contributed by atoms with E-state index in [1.807, 2.05) is 6.92 Å². The van der Waals surface area contributed by atoms with E-state index in [4.69, 9.17) is 10.5 Å². The lowest BCUT2D eigenvalue weighted by Crippen LogP contribution is -2.31. The molecule has 14 heavy (non-hydrogen) atoms. The average Bonchev–Trinajstić information content (AvgIpc) is 2.11. The second-order valence-corrected chi connectivity index (χ2v) is 4.26. The summed E-state index contributed by atoms with van der Waals surface area (Å²) in [6.07, 6.45) is 1.27. The molecule has 86 valence electrons. The van der Waals surface area contributed by atoms with Crippen LogP contribution in [0.5, 0.6) is 0 Å². The maximum Gasteiger partial charge on any atom is 0.0709 e. The first kappa shape index (κ1) is 13.9. The van der Waals surface area contributed by atoms with Gasteiger partial charge in [-0.3, -0.25) is 0 Å². The second-order valence-electron chi connectivity index (χ2n) is 4.26. The first-order chi connectivity index (χ1) is 6.60. The van der Waals surface area contributed by atoms with E-state index in [1.165, 1.54) is 0 Å². The van der Waals surface area contributed by atoms with Crippen LogP contribution in [-0.4, -0.2) is 44.3 Å². The molecule has 3 nitrogen and oxygen atoms in total. The number of hydrogen-bond donors (Lipinski definition) is 1. The van der Waals surface area contributed by atoms with E-state index in [-0.39, 0.29) is 6.10 Å². The molecule has 0 radical (unpaired) electrons. The van der Waals surface area contributed by atoms with Crippen LogP contribution in [0.2, 0.25) is 0 Å². The Balaban J connectivity index is 3.56. The van der Waals surface area contributed by atoms with Crippen molar-refractivity contribution in [3.8, 4) is 0 Å². The number of nitrogens with zero attached hydrogens (tertiary/aromatic N) is 1. The van der Waals surface area contributed by atoms with E-state index in [1.54, 1.807) is 0 Å². The molecule has 0 heterocycles. The molecule has 0 spiro atoms. The molecule has 0 fully saturated rings. The van der Waals surface area contributed by atoms with Crippen LogP contribution in [0.3, 0.4) is 0 Å². The molecule has 0 saturated carbocycles. The lowest BCUT2D eigenvalue weighted by molar-refractivity contribution is 0.0556. The molecule has 0 rings (SSSR count). The van der Waals surface area contributed by atoms with Crippen molar-refractivity contribution in [1.82, 2.24) is 4.90 Å². The van der Waals surface area contributed by atoms with E-state index < -0.39 is 0 Å². The van der Waals surface area contributed by atoms with Gasteiger partial charge in [0.2, 0.25) is 0 Å². The number of ether oxygens (including phenoxy) is 1. The minimum atomic E-state index is 0.231. The summed E-state index contributed by atoms with van der Waals surface area (Å²) in [5, 5.41) is 0. The third-order valence-corrected chi connectivity index (χ3v) is 2.17. The molecule has 0 aromatic rings. The molecule has 1 atom stereocenters. The van der Waals surface area contributed by atoms with Crippen molar-refractivity contribution in [3.05, 3.63) is 0 Å². The maximum absolute atomic E-state index is 5.60. The molecule has 0 saturated heterocycles. The molecule has 0 aliphatic heterocycles. The molecular formula is C11H26N2O. The smallest absolute Gasteiger partial charge is 0.0709 e. The predicted molar refractivity (Wildman–Crippen MR) is 61.4 cm³/mol. The van der Waals surface area contributed by atoms with Gasteiger partial charge in [0.15, 0.2) is 0 Å². The summed E-state index contributed by atoms with van der Waals surface area (Å²) in [6.45, 7) is 10.1. The first-order valence-electron chi connectivity index (χ1n) is 5.60. The van der Waals surface area contributed by atoms with E-state index in [0.29, 0.717) is 6.54 Å². The van der Waals surface area contributed by atoms with Gasteiger partial charge in [0.05, 0.1) is 6.10 Å². The van der Waals surface area contributed by atoms with Crippen molar-refractivity contribution in [2.45, 2.75) is 33.3 Å². The molecule has 0 aliphatic rings. The first-order valence-corrected chi connectivity index (χ1v) is 5.60. The van der Waals surface area contributed by atoms with Crippen LogP contribution in [0, 0.1) is 5.92 Å². The van der Waals surface area contributed by atoms with Gasteiger partial charge in [0.25, 0.3) is 0 Å². The Morgan fingerprint density at radius 3 is 2.43 bits per heavy atom. The van der Waals surface area contributed by atoms with Gasteiger partial charge in [0, 0.05) is 26.2 Å². The summed E-state index contributed by atoms with van der Waals surface area (Å²) in [4.78, 5) is 2.34. The third kappa shape index (κ3) is 7.30. The van der Waals surface area contributed by atoms with Crippen molar-refractivity contribution in [2.75, 3.05) is 33.3 Å². The minimum absolute atomic E-state index is 0.231. The van der Waals surface area contributed by atoms with Crippen LogP contribution in [0.25, 0.3) is 0 Å². The Kier molecular flexibility index (Phi) is 8.14. The van der Waals surface area contributed by atoms with E-state index in [9.17, 15) is 0 Å². The summed E-state index contributed by atoms with van der Waals surface area (Å²) in [7, 11) is 2.15. The lowest BCUT2D eigenvalue weighted by atomic mass is 10.2. The lowest BCUT2D eigenvalue weighted by Gasteiger charge is -2.22. The normalized spacial score (nSPS) is 13.9. The van der Waals surface area contributed by atoms with Crippen LogP contribution in [0.4, 0.5) is 0 Å². The van der Waals surface area contributed by atoms with Crippen LogP contribution in [0.1, 0.15) is 27.2 Å². The molecule has 1 unspecified atom stereocenters. The van der Waals surface area contributed by atoms with Crippen LogP contribution >= 0.6 is 0 Å². The topological polar surface area (TPSA) is 38.5 Å². The minimum Gasteiger partial charge on any atom is -0.377 e. The molecule has 0 bridgehead atoms. The van der Waals surface area contributed by atoms with Crippen molar-refractivity contribution in [2.24, 2.45) is 11.7 Å². The van der Waals surface area contributed by atoms with Crippen molar-refractivity contribution >= 4 is 0 Å². The van der Waals surface area contributed by atoms with Crippen molar-refractivity contribution < 1.29 is 4.74 Å². The SMILES string of the molecule is CCOC(CN)CCN(C)CC(C)C. The Hall–Kier alpha value is -0.120. The number of nitrogens with two attached hydrogens (primary N) is 1. The van der Waals surface area contributed by atoms with Crippen LogP contribution in [0.15, 0.2) is 0 Å². The standard InChI is InChI=1S/C11H26N2O/c1-5-14-11(8-12)6-7-13(4)9-10(2)3/h10-11H,5-9,12H2,1-4H3. The van der Waals surface area contributed by atoms with Gasteiger partial charge in [-0.15, -0.1) is 0 Å². The molecule has 3 heteroatoms. The summed E-state index contributed by atoms with van der Waals surface area (Å²) >= 11 is 0. The highest BCUT2D eigenvalue weighted by atomic mass is 16.5. The Morgan fingerprint density at radius 2 is 2.00 bits per heavy atom. The van der Waals surface area contributed by atoms with E-state index in [0.717, 1.165) is 32.0 Å². The van der Waals surface area contributed by atoms with Gasteiger partial charge < -0.3 is 15.4 Å². The van der Waals surface area contributed by atoms with Gasteiger partial charge in [0.1, 0.15) is 0 Å². The molecular weight excluding hydrogens is 176 g/mol. The summed E-state index contributed by atoms with van der Waals surface area (Å²) in [5.41, 5.74) is 5.60. The molecule has 2 N–H and O–H groups in total. The zero-order valence-electron chi connectivity index (χ0n) is 10.1. The molecule has 0 amide bonds. The zero-order valence-corrected chi connectivity index (χ0v) is 10.1. The van der Waals surface area contributed by atoms with Gasteiger partial charge in [-0.25, -0.2) is 0 Å². The van der Waals surface area contributed by atoms with E-state index in [2.05, 4.69) is 25.8 Å². The summed E-state index contributed by atoms with van der Waals surface area (Å²) < 4.78 is 5.49. The van der Waals surface area contributed by atoms with Crippen molar-refractivity contribution in [3.63, 3.8) is 0 Å². The summed E-state index contributed by atoms with van der Waals surface area (Å²) in [5.74, 6) is 0.725. The summed E-state index contributed by atoms with van der Waals surface area (Å²) in [6, 6.07) is 0. The van der Waals surface area contributed by atoms with Crippen molar-refractivity contribution in [1.29, 1.82) is 0 Å². The Morgan fingerprint density at radius 1 is 1.36 bits per heavy atom. The number of rotatable bonds is 8. The highest BCUT2D eigenvalue weighted by molar-refractivity contribution is 4.62. The van der Waals surface area contributed by atoms with Gasteiger partial charge in [-0.1, -0.05) is 13.8 Å². The maximum atomic E-state index is 5.60. The highest BCUT2D eigenvalue weighted by Gasteiger charge is 2.08.